The lowest BCUT2D eigenvalue weighted by atomic mass is 9.96. The highest BCUT2D eigenvalue weighted by Crippen LogP contribution is 2.33. The zero-order chi connectivity index (χ0) is 60.5. The van der Waals surface area contributed by atoms with Crippen LogP contribution < -0.4 is 5.32 Å². The van der Waals surface area contributed by atoms with E-state index in [-0.39, 0.29) is 18.9 Å². The molecule has 0 aromatic rings. The van der Waals surface area contributed by atoms with Crippen LogP contribution in [0, 0.1) is 0 Å². The molecule has 17 atom stereocenters. The van der Waals surface area contributed by atoms with Gasteiger partial charge in [0.25, 0.3) is 0 Å². The highest BCUT2D eigenvalue weighted by molar-refractivity contribution is 5.76. The number of unbranched alkanes of at least 4 members (excludes halogenated alkanes) is 26. The molecule has 0 bridgehead atoms. The van der Waals surface area contributed by atoms with Gasteiger partial charge in [-0.25, -0.2) is 0 Å². The van der Waals surface area contributed by atoms with Gasteiger partial charge in [-0.3, -0.25) is 4.79 Å². The molecule has 1 amide bonds. The average molecular weight is 1190 g/mol. The minimum absolute atomic E-state index is 0.228. The third-order valence-electron chi connectivity index (χ3n) is 16.1. The lowest BCUT2D eigenvalue weighted by molar-refractivity contribution is -0.379. The second-order valence-corrected chi connectivity index (χ2v) is 23.2. The third kappa shape index (κ3) is 30.0. The van der Waals surface area contributed by atoms with Gasteiger partial charge in [-0.1, -0.05) is 204 Å². The number of aliphatic hydroxyl groups excluding tert-OH is 11. The largest absolute Gasteiger partial charge is 0.394 e. The van der Waals surface area contributed by atoms with Crippen LogP contribution in [0.5, 0.6) is 0 Å². The molecule has 0 aromatic heterocycles. The van der Waals surface area contributed by atoms with E-state index in [4.69, 9.17) is 28.4 Å². The first kappa shape index (κ1) is 75.0. The fourth-order valence-electron chi connectivity index (χ4n) is 10.8. The molecule has 0 spiro atoms. The molecule has 17 unspecified atom stereocenters. The summed E-state index contributed by atoms with van der Waals surface area (Å²) in [6.07, 6.45) is 26.5. The summed E-state index contributed by atoms with van der Waals surface area (Å²) in [5.41, 5.74) is 0. The number of hydrogen-bond donors (Lipinski definition) is 12. The van der Waals surface area contributed by atoms with Crippen molar-refractivity contribution in [3.05, 3.63) is 48.6 Å². The fourth-order valence-corrected chi connectivity index (χ4v) is 10.8. The lowest BCUT2D eigenvalue weighted by Gasteiger charge is -2.48. The molecule has 0 radical (unpaired) electrons. The summed E-state index contributed by atoms with van der Waals surface area (Å²) in [6.45, 7) is 1.71. The van der Waals surface area contributed by atoms with Crippen molar-refractivity contribution in [3.8, 4) is 0 Å². The maximum atomic E-state index is 13.4. The van der Waals surface area contributed by atoms with Crippen LogP contribution in [-0.4, -0.2) is 193 Å². The zero-order valence-corrected chi connectivity index (χ0v) is 50.7. The molecule has 3 rings (SSSR count). The average Bonchev–Trinajstić information content (AvgIpc) is 3.34. The van der Waals surface area contributed by atoms with E-state index in [1.165, 1.54) is 116 Å². The molecule has 3 saturated heterocycles. The smallest absolute Gasteiger partial charge is 0.220 e. The van der Waals surface area contributed by atoms with Crippen molar-refractivity contribution in [2.24, 2.45) is 0 Å². The Morgan fingerprint density at radius 1 is 0.434 bits per heavy atom. The standard InChI is InChI=1S/C64H115NO18/c1-3-5-7-9-11-13-15-17-19-21-22-23-24-26-28-30-32-34-36-38-40-42-52(70)65-47(48(69)41-39-37-35-33-31-29-27-25-20-18-16-14-12-10-8-6-4-2)46-78-62-58(76)55(73)60(50(44-67)80-62)83-64-59(77)56(74)61(51(45-68)81-64)82-63-57(75)54(72)53(71)49(43-66)79-63/h15,17,21-22,24,26,39,41,47-51,53-64,66-69,71-77H,3-14,16,18-20,23,25,27-38,40,42-46H2,1-2H3,(H,65,70)/b17-15-,22-21-,26-24-,41-39+. The summed E-state index contributed by atoms with van der Waals surface area (Å²) in [5.74, 6) is -0.288. The molecule has 484 valence electrons. The summed E-state index contributed by atoms with van der Waals surface area (Å²) in [5, 5.41) is 120. The summed E-state index contributed by atoms with van der Waals surface area (Å²) in [6, 6.07) is -0.981. The quantitative estimate of drug-likeness (QED) is 0.0215. The molecule has 0 saturated carbocycles. The Bertz CT molecular complexity index is 1700. The predicted molar refractivity (Wildman–Crippen MR) is 319 cm³/mol. The predicted octanol–water partition coefficient (Wildman–Crippen LogP) is 7.04. The normalized spacial score (nSPS) is 29.7. The third-order valence-corrected chi connectivity index (χ3v) is 16.1. The van der Waals surface area contributed by atoms with Gasteiger partial charge in [0, 0.05) is 6.42 Å². The summed E-state index contributed by atoms with van der Waals surface area (Å²) in [7, 11) is 0. The summed E-state index contributed by atoms with van der Waals surface area (Å²) < 4.78 is 34.3. The maximum Gasteiger partial charge on any atom is 0.220 e. The van der Waals surface area contributed by atoms with E-state index in [1.54, 1.807) is 6.08 Å². The number of rotatable bonds is 48. The van der Waals surface area contributed by atoms with Gasteiger partial charge in [0.2, 0.25) is 5.91 Å². The van der Waals surface area contributed by atoms with E-state index in [0.717, 1.165) is 77.0 Å². The van der Waals surface area contributed by atoms with Crippen LogP contribution in [0.4, 0.5) is 0 Å². The first-order valence-corrected chi connectivity index (χ1v) is 32.4. The van der Waals surface area contributed by atoms with Gasteiger partial charge in [-0.15, -0.1) is 0 Å². The van der Waals surface area contributed by atoms with Gasteiger partial charge in [0.15, 0.2) is 18.9 Å². The highest BCUT2D eigenvalue weighted by atomic mass is 16.8. The van der Waals surface area contributed by atoms with Crippen molar-refractivity contribution in [3.63, 3.8) is 0 Å². The molecule has 12 N–H and O–H groups in total. The first-order chi connectivity index (χ1) is 40.3. The van der Waals surface area contributed by atoms with E-state index in [9.17, 15) is 61.0 Å². The number of allylic oxidation sites excluding steroid dienone is 7. The zero-order valence-electron chi connectivity index (χ0n) is 50.7. The molecule has 3 heterocycles. The van der Waals surface area contributed by atoms with E-state index < -0.39 is 124 Å². The van der Waals surface area contributed by atoms with Gasteiger partial charge in [0.1, 0.15) is 73.2 Å². The Morgan fingerprint density at radius 2 is 0.795 bits per heavy atom. The maximum absolute atomic E-state index is 13.4. The van der Waals surface area contributed by atoms with Gasteiger partial charge in [0.05, 0.1) is 38.6 Å². The second kappa shape index (κ2) is 46.8. The summed E-state index contributed by atoms with van der Waals surface area (Å²) in [4.78, 5) is 13.4. The Balaban J connectivity index is 1.49. The molecular weight excluding hydrogens is 1070 g/mol. The van der Waals surface area contributed by atoms with Crippen LogP contribution in [-0.2, 0) is 33.2 Å². The van der Waals surface area contributed by atoms with Crippen molar-refractivity contribution in [1.29, 1.82) is 0 Å². The van der Waals surface area contributed by atoms with Crippen LogP contribution in [0.25, 0.3) is 0 Å². The first-order valence-electron chi connectivity index (χ1n) is 32.4. The van der Waals surface area contributed by atoms with Gasteiger partial charge >= 0.3 is 0 Å². The number of ether oxygens (including phenoxy) is 6. The Labute approximate surface area is 497 Å². The molecule has 83 heavy (non-hydrogen) atoms. The summed E-state index contributed by atoms with van der Waals surface area (Å²) >= 11 is 0. The molecule has 19 heteroatoms. The van der Waals surface area contributed by atoms with Gasteiger partial charge in [-0.2, -0.15) is 0 Å². The Morgan fingerprint density at radius 3 is 1.24 bits per heavy atom. The topological polar surface area (TPSA) is 307 Å². The van der Waals surface area contributed by atoms with E-state index in [2.05, 4.69) is 55.6 Å². The Kier molecular flexibility index (Phi) is 42.3. The molecule has 3 aliphatic heterocycles. The fraction of sp³-hybridized carbons (Fsp3) is 0.859. The van der Waals surface area contributed by atoms with E-state index in [1.807, 2.05) is 6.08 Å². The number of carbonyl (C=O) groups excluding carboxylic acids is 1. The minimum atomic E-state index is -1.98. The molecule has 19 nitrogen and oxygen atoms in total. The number of amides is 1. The lowest BCUT2D eigenvalue weighted by Crippen LogP contribution is -2.66. The molecule has 0 aromatic carbocycles. The molecule has 0 aliphatic carbocycles. The molecule has 3 aliphatic rings. The second-order valence-electron chi connectivity index (χ2n) is 23.2. The van der Waals surface area contributed by atoms with Gasteiger partial charge in [-0.05, 0) is 57.8 Å². The highest BCUT2D eigenvalue weighted by Gasteiger charge is 2.53. The number of carbonyl (C=O) groups is 1. The monoisotopic (exact) mass is 1190 g/mol. The van der Waals surface area contributed by atoms with Crippen molar-refractivity contribution >= 4 is 5.91 Å². The van der Waals surface area contributed by atoms with Crippen molar-refractivity contribution < 1.29 is 89.4 Å². The van der Waals surface area contributed by atoms with E-state index in [0.29, 0.717) is 6.42 Å². The Hall–Kier alpha value is -2.25. The number of hydrogen-bond acceptors (Lipinski definition) is 18. The number of aliphatic hydroxyl groups is 11. The van der Waals surface area contributed by atoms with Crippen LogP contribution in [0.3, 0.4) is 0 Å². The van der Waals surface area contributed by atoms with Crippen LogP contribution in [0.2, 0.25) is 0 Å². The molecular formula is C64H115NO18. The van der Waals surface area contributed by atoms with Gasteiger partial charge < -0.3 is 89.9 Å². The number of nitrogens with one attached hydrogen (secondary N) is 1. The SMILES string of the molecule is CCCCCCC/C=C\C/C=C\C/C=C\CCCCCCCCC(=O)NC(COC1OC(CO)C(OC2OC(CO)C(OC3OC(CO)C(O)C(O)C3O)C(O)C2O)C(O)C1O)C(O)/C=C/CCCCCCCCCCCCCCCCC. The van der Waals surface area contributed by atoms with Crippen LogP contribution in [0.15, 0.2) is 48.6 Å². The van der Waals surface area contributed by atoms with Crippen molar-refractivity contribution in [2.75, 3.05) is 26.4 Å². The van der Waals surface area contributed by atoms with Crippen LogP contribution in [0.1, 0.15) is 219 Å². The van der Waals surface area contributed by atoms with Crippen molar-refractivity contribution in [1.82, 2.24) is 5.32 Å². The molecule has 3 fully saturated rings. The van der Waals surface area contributed by atoms with Crippen molar-refractivity contribution in [2.45, 2.75) is 324 Å². The van der Waals surface area contributed by atoms with Crippen LogP contribution >= 0.6 is 0 Å². The van der Waals surface area contributed by atoms with E-state index >= 15 is 0 Å². The minimum Gasteiger partial charge on any atom is -0.394 e.